The van der Waals surface area contributed by atoms with Gasteiger partial charge in [0.25, 0.3) is 0 Å². The van der Waals surface area contributed by atoms with Gasteiger partial charge in [0.1, 0.15) is 0 Å². The zero-order valence-electron chi connectivity index (χ0n) is 9.56. The Morgan fingerprint density at radius 1 is 1.19 bits per heavy atom. The van der Waals surface area contributed by atoms with Crippen molar-refractivity contribution in [1.29, 1.82) is 0 Å². The molecule has 94 valence electrons. The van der Waals surface area contributed by atoms with Gasteiger partial charge in [0.05, 0.1) is 11.5 Å². The molecule has 0 spiro atoms. The first-order valence-electron chi connectivity index (χ1n) is 6.18. The van der Waals surface area contributed by atoms with Gasteiger partial charge in [-0.2, -0.15) is 0 Å². The van der Waals surface area contributed by atoms with Crippen LogP contribution in [0.5, 0.6) is 0 Å². The number of sulfone groups is 1. The highest BCUT2D eigenvalue weighted by Gasteiger charge is 2.32. The molecule has 0 aromatic carbocycles. The van der Waals surface area contributed by atoms with Crippen molar-refractivity contribution >= 4 is 9.84 Å². The van der Waals surface area contributed by atoms with E-state index in [1.165, 1.54) is 12.8 Å². The van der Waals surface area contributed by atoms with E-state index in [1.54, 1.807) is 0 Å². The van der Waals surface area contributed by atoms with E-state index in [2.05, 4.69) is 5.32 Å². The third kappa shape index (κ3) is 2.96. The molecular weight excluding hydrogens is 226 g/mol. The fourth-order valence-corrected chi connectivity index (χ4v) is 4.56. The number of aliphatic hydroxyl groups excluding tert-OH is 1. The molecule has 5 heteroatoms. The maximum Gasteiger partial charge on any atom is 0.151 e. The molecule has 1 heterocycles. The van der Waals surface area contributed by atoms with Crippen LogP contribution in [0.2, 0.25) is 0 Å². The molecule has 0 aromatic rings. The largest absolute Gasteiger partial charge is 0.396 e. The third-order valence-electron chi connectivity index (χ3n) is 3.83. The van der Waals surface area contributed by atoms with Crippen molar-refractivity contribution in [2.75, 3.05) is 18.1 Å². The van der Waals surface area contributed by atoms with Crippen LogP contribution < -0.4 is 5.32 Å². The zero-order valence-corrected chi connectivity index (χ0v) is 10.4. The Morgan fingerprint density at radius 2 is 1.94 bits per heavy atom. The summed E-state index contributed by atoms with van der Waals surface area (Å²) in [5, 5.41) is 12.7. The predicted octanol–water partition coefficient (Wildman–Crippen LogP) is 0.314. The molecule has 1 saturated heterocycles. The SMILES string of the molecule is O=S1(=O)CCC(NC2CCCCC2CO)C1. The van der Waals surface area contributed by atoms with Gasteiger partial charge in [0, 0.05) is 18.7 Å². The second-order valence-electron chi connectivity index (χ2n) is 5.10. The molecule has 2 N–H and O–H groups in total. The first-order valence-corrected chi connectivity index (χ1v) is 8.00. The molecule has 0 radical (unpaired) electrons. The summed E-state index contributed by atoms with van der Waals surface area (Å²) in [5.74, 6) is 0.917. The van der Waals surface area contributed by atoms with E-state index in [9.17, 15) is 13.5 Å². The number of aliphatic hydroxyl groups is 1. The van der Waals surface area contributed by atoms with Gasteiger partial charge in [0.2, 0.25) is 0 Å². The van der Waals surface area contributed by atoms with Crippen LogP contribution >= 0.6 is 0 Å². The van der Waals surface area contributed by atoms with E-state index in [0.717, 1.165) is 19.3 Å². The first kappa shape index (κ1) is 12.3. The monoisotopic (exact) mass is 247 g/mol. The van der Waals surface area contributed by atoms with Gasteiger partial charge < -0.3 is 10.4 Å². The van der Waals surface area contributed by atoms with Crippen LogP contribution in [0.25, 0.3) is 0 Å². The highest BCUT2D eigenvalue weighted by molar-refractivity contribution is 7.91. The van der Waals surface area contributed by atoms with Crippen LogP contribution in [0.4, 0.5) is 0 Å². The average Bonchev–Trinajstić information content (AvgIpc) is 2.59. The van der Waals surface area contributed by atoms with E-state index in [1.807, 2.05) is 0 Å². The van der Waals surface area contributed by atoms with E-state index >= 15 is 0 Å². The summed E-state index contributed by atoms with van der Waals surface area (Å²) in [7, 11) is -2.80. The van der Waals surface area contributed by atoms with Crippen LogP contribution in [0.15, 0.2) is 0 Å². The molecule has 2 rings (SSSR count). The molecule has 1 aliphatic carbocycles. The number of hydrogen-bond donors (Lipinski definition) is 2. The summed E-state index contributed by atoms with van der Waals surface area (Å²) in [6, 6.07) is 0.430. The lowest BCUT2D eigenvalue weighted by molar-refractivity contribution is 0.147. The Bertz CT molecular complexity index is 328. The standard InChI is InChI=1S/C11H21NO3S/c13-7-9-3-1-2-4-11(9)12-10-5-6-16(14,15)8-10/h9-13H,1-8H2. The Kier molecular flexibility index (Phi) is 3.87. The molecule has 16 heavy (non-hydrogen) atoms. The van der Waals surface area contributed by atoms with Gasteiger partial charge in [-0.1, -0.05) is 12.8 Å². The van der Waals surface area contributed by atoms with Crippen molar-refractivity contribution in [3.63, 3.8) is 0 Å². The zero-order chi connectivity index (χ0) is 11.6. The van der Waals surface area contributed by atoms with Crippen LogP contribution in [0.1, 0.15) is 32.1 Å². The van der Waals surface area contributed by atoms with Crippen molar-refractivity contribution in [3.8, 4) is 0 Å². The molecule has 0 aromatic heterocycles. The molecule has 2 fully saturated rings. The normalized spacial score (nSPS) is 38.7. The Hall–Kier alpha value is -0.130. The summed E-state index contributed by atoms with van der Waals surface area (Å²) in [4.78, 5) is 0. The molecule has 0 amide bonds. The van der Waals surface area contributed by atoms with E-state index in [0.29, 0.717) is 17.7 Å². The molecule has 2 aliphatic rings. The van der Waals surface area contributed by atoms with Gasteiger partial charge in [-0.05, 0) is 25.2 Å². The number of rotatable bonds is 3. The minimum Gasteiger partial charge on any atom is -0.396 e. The smallest absolute Gasteiger partial charge is 0.151 e. The second-order valence-corrected chi connectivity index (χ2v) is 7.33. The van der Waals surface area contributed by atoms with E-state index in [-0.39, 0.29) is 18.4 Å². The Labute approximate surface area is 97.3 Å². The molecule has 1 aliphatic heterocycles. The van der Waals surface area contributed by atoms with Crippen molar-refractivity contribution in [3.05, 3.63) is 0 Å². The van der Waals surface area contributed by atoms with Crippen molar-refractivity contribution in [2.45, 2.75) is 44.2 Å². The summed E-state index contributed by atoms with van der Waals surface area (Å²) in [6.07, 6.45) is 5.24. The van der Waals surface area contributed by atoms with Crippen LogP contribution in [-0.2, 0) is 9.84 Å². The molecule has 0 bridgehead atoms. The van der Waals surface area contributed by atoms with Crippen molar-refractivity contribution in [2.24, 2.45) is 5.92 Å². The molecular formula is C11H21NO3S. The summed E-state index contributed by atoms with van der Waals surface area (Å²) < 4.78 is 22.7. The van der Waals surface area contributed by atoms with Gasteiger partial charge in [-0.25, -0.2) is 8.42 Å². The lowest BCUT2D eigenvalue weighted by Crippen LogP contribution is -2.46. The summed E-state index contributed by atoms with van der Waals surface area (Å²) >= 11 is 0. The van der Waals surface area contributed by atoms with Crippen LogP contribution in [0, 0.1) is 5.92 Å². The van der Waals surface area contributed by atoms with Crippen molar-refractivity contribution in [1.82, 2.24) is 5.32 Å². The van der Waals surface area contributed by atoms with Crippen LogP contribution in [-0.4, -0.2) is 43.7 Å². The van der Waals surface area contributed by atoms with Gasteiger partial charge in [0.15, 0.2) is 9.84 Å². The summed E-state index contributed by atoms with van der Waals surface area (Å²) in [5.41, 5.74) is 0. The first-order chi connectivity index (χ1) is 7.61. The van der Waals surface area contributed by atoms with Gasteiger partial charge in [-0.15, -0.1) is 0 Å². The lowest BCUT2D eigenvalue weighted by atomic mass is 9.84. The highest BCUT2D eigenvalue weighted by atomic mass is 32.2. The highest BCUT2D eigenvalue weighted by Crippen LogP contribution is 2.25. The second kappa shape index (κ2) is 5.02. The quantitative estimate of drug-likeness (QED) is 0.753. The number of nitrogens with one attached hydrogen (secondary N) is 1. The lowest BCUT2D eigenvalue weighted by Gasteiger charge is -2.33. The Morgan fingerprint density at radius 3 is 2.56 bits per heavy atom. The summed E-state index contributed by atoms with van der Waals surface area (Å²) in [6.45, 7) is 0.219. The average molecular weight is 247 g/mol. The molecule has 3 unspecified atom stereocenters. The fourth-order valence-electron chi connectivity index (χ4n) is 2.87. The maximum absolute atomic E-state index is 11.3. The molecule has 3 atom stereocenters. The van der Waals surface area contributed by atoms with Gasteiger partial charge in [-0.3, -0.25) is 0 Å². The van der Waals surface area contributed by atoms with Crippen LogP contribution in [0.3, 0.4) is 0 Å². The van der Waals surface area contributed by atoms with E-state index in [4.69, 9.17) is 0 Å². The van der Waals surface area contributed by atoms with Crippen molar-refractivity contribution < 1.29 is 13.5 Å². The minimum atomic E-state index is -2.80. The fraction of sp³-hybridized carbons (Fsp3) is 1.00. The van der Waals surface area contributed by atoms with Gasteiger partial charge >= 0.3 is 0 Å². The third-order valence-corrected chi connectivity index (χ3v) is 5.59. The predicted molar refractivity (Wildman–Crippen MR) is 63.0 cm³/mol. The molecule has 1 saturated carbocycles. The van der Waals surface area contributed by atoms with E-state index < -0.39 is 9.84 Å². The topological polar surface area (TPSA) is 66.4 Å². The maximum atomic E-state index is 11.3. The minimum absolute atomic E-state index is 0.113. The molecule has 4 nitrogen and oxygen atoms in total. The number of hydrogen-bond acceptors (Lipinski definition) is 4. The Balaban J connectivity index is 1.88.